The zero-order valence-corrected chi connectivity index (χ0v) is 19.8. The Morgan fingerprint density at radius 2 is 1.17 bits per heavy atom. The summed E-state index contributed by atoms with van der Waals surface area (Å²) in [5.41, 5.74) is -0.873. The third kappa shape index (κ3) is 11.8. The van der Waals surface area contributed by atoms with Gasteiger partial charge in [-0.1, -0.05) is 103 Å². The Kier molecular flexibility index (Phi) is 15.6. The molecule has 0 radical (unpaired) electrons. The van der Waals surface area contributed by atoms with E-state index < -0.39 is 11.6 Å². The van der Waals surface area contributed by atoms with Gasteiger partial charge in [0.2, 0.25) is 0 Å². The molecule has 1 rings (SSSR count). The number of ether oxygens (including phenoxy) is 2. The number of rotatable bonds is 18. The van der Waals surface area contributed by atoms with Crippen LogP contribution in [0.3, 0.4) is 0 Å². The normalized spacial score (nSPS) is 15.1. The highest BCUT2D eigenvalue weighted by atomic mass is 16.6. The molecule has 0 heterocycles. The molecule has 1 aliphatic carbocycles. The first-order valence-corrected chi connectivity index (χ1v) is 12.8. The van der Waals surface area contributed by atoms with Crippen molar-refractivity contribution in [1.82, 2.24) is 5.32 Å². The van der Waals surface area contributed by atoms with E-state index in [0.717, 1.165) is 25.7 Å². The maximum absolute atomic E-state index is 12.5. The predicted octanol–water partition coefficient (Wildman–Crippen LogP) is 7.07. The predicted molar refractivity (Wildman–Crippen MR) is 123 cm³/mol. The summed E-state index contributed by atoms with van der Waals surface area (Å²) >= 11 is 0. The molecule has 30 heavy (non-hydrogen) atoms. The first-order valence-electron chi connectivity index (χ1n) is 12.8. The van der Waals surface area contributed by atoms with Crippen LogP contribution in [0.2, 0.25) is 0 Å². The smallest absolute Gasteiger partial charge is 0.408 e. The van der Waals surface area contributed by atoms with Crippen molar-refractivity contribution in [3.05, 3.63) is 0 Å². The van der Waals surface area contributed by atoms with Crippen LogP contribution in [0.25, 0.3) is 0 Å². The van der Waals surface area contributed by atoms with Crippen molar-refractivity contribution in [3.8, 4) is 0 Å². The summed E-state index contributed by atoms with van der Waals surface area (Å²) in [6.45, 7) is 4.78. The fourth-order valence-corrected chi connectivity index (χ4v) is 4.32. The third-order valence-corrected chi connectivity index (χ3v) is 6.20. The van der Waals surface area contributed by atoms with Gasteiger partial charge in [-0.2, -0.15) is 0 Å². The van der Waals surface area contributed by atoms with E-state index in [1.54, 1.807) is 6.92 Å². The largest absolute Gasteiger partial charge is 0.464 e. The van der Waals surface area contributed by atoms with Crippen LogP contribution in [0.1, 0.15) is 129 Å². The molecule has 0 spiro atoms. The molecule has 0 unspecified atom stereocenters. The van der Waals surface area contributed by atoms with E-state index in [4.69, 9.17) is 9.47 Å². The SMILES string of the molecule is CCCCCCCCCCCCCCCCOC(=O)C1(NC(=O)OCC)CCCC1. The van der Waals surface area contributed by atoms with Crippen molar-refractivity contribution in [2.24, 2.45) is 0 Å². The third-order valence-electron chi connectivity index (χ3n) is 6.20. The van der Waals surface area contributed by atoms with E-state index in [1.165, 1.54) is 77.0 Å². The van der Waals surface area contributed by atoms with Gasteiger partial charge in [0.15, 0.2) is 0 Å². The summed E-state index contributed by atoms with van der Waals surface area (Å²) in [6.07, 6.45) is 20.9. The lowest BCUT2D eigenvalue weighted by Crippen LogP contribution is -2.53. The summed E-state index contributed by atoms with van der Waals surface area (Å²) in [5, 5.41) is 2.76. The Balaban J connectivity index is 1.98. The van der Waals surface area contributed by atoms with Crippen molar-refractivity contribution in [3.63, 3.8) is 0 Å². The van der Waals surface area contributed by atoms with E-state index in [-0.39, 0.29) is 5.97 Å². The highest BCUT2D eigenvalue weighted by molar-refractivity contribution is 5.86. The zero-order valence-electron chi connectivity index (χ0n) is 19.8. The van der Waals surface area contributed by atoms with E-state index in [9.17, 15) is 9.59 Å². The average Bonchev–Trinajstić information content (AvgIpc) is 3.20. The Hall–Kier alpha value is -1.26. The fourth-order valence-electron chi connectivity index (χ4n) is 4.32. The second kappa shape index (κ2) is 17.4. The quantitative estimate of drug-likeness (QED) is 0.188. The molecule has 5 heteroatoms. The van der Waals surface area contributed by atoms with Gasteiger partial charge in [0, 0.05) is 0 Å². The number of esters is 1. The molecule has 1 fully saturated rings. The number of alkyl carbamates (subject to hydrolysis) is 1. The lowest BCUT2D eigenvalue weighted by Gasteiger charge is -2.27. The van der Waals surface area contributed by atoms with Crippen LogP contribution in [0.4, 0.5) is 4.79 Å². The molecule has 0 aromatic rings. The average molecular weight is 426 g/mol. The van der Waals surface area contributed by atoms with E-state index in [2.05, 4.69) is 12.2 Å². The molecule has 0 aromatic carbocycles. The molecule has 1 N–H and O–H groups in total. The lowest BCUT2D eigenvalue weighted by molar-refractivity contribution is -0.151. The first kappa shape index (κ1) is 26.8. The number of hydrogen-bond acceptors (Lipinski definition) is 4. The van der Waals surface area contributed by atoms with Crippen molar-refractivity contribution >= 4 is 12.1 Å². The Labute approximate surface area is 185 Å². The van der Waals surface area contributed by atoms with Crippen LogP contribution in [-0.2, 0) is 14.3 Å². The summed E-state index contributed by atoms with van der Waals surface area (Å²) < 4.78 is 10.5. The van der Waals surface area contributed by atoms with Crippen molar-refractivity contribution < 1.29 is 19.1 Å². The zero-order chi connectivity index (χ0) is 21.9. The second-order valence-corrected chi connectivity index (χ2v) is 8.87. The highest BCUT2D eigenvalue weighted by Gasteiger charge is 2.44. The maximum Gasteiger partial charge on any atom is 0.408 e. The van der Waals surface area contributed by atoms with E-state index in [1.807, 2.05) is 0 Å². The highest BCUT2D eigenvalue weighted by Crippen LogP contribution is 2.31. The van der Waals surface area contributed by atoms with Gasteiger partial charge >= 0.3 is 12.1 Å². The Morgan fingerprint density at radius 1 is 0.700 bits per heavy atom. The topological polar surface area (TPSA) is 64.6 Å². The van der Waals surface area contributed by atoms with Crippen LogP contribution in [-0.4, -0.2) is 30.8 Å². The van der Waals surface area contributed by atoms with Crippen molar-refractivity contribution in [2.45, 2.75) is 135 Å². The van der Waals surface area contributed by atoms with Crippen LogP contribution in [0, 0.1) is 0 Å². The van der Waals surface area contributed by atoms with Gasteiger partial charge in [-0.3, -0.25) is 0 Å². The van der Waals surface area contributed by atoms with Gasteiger partial charge in [0.25, 0.3) is 0 Å². The van der Waals surface area contributed by atoms with Gasteiger partial charge in [-0.15, -0.1) is 0 Å². The minimum atomic E-state index is -0.873. The Morgan fingerprint density at radius 3 is 1.63 bits per heavy atom. The van der Waals surface area contributed by atoms with Crippen LogP contribution >= 0.6 is 0 Å². The number of carbonyl (C=O) groups is 2. The summed E-state index contributed by atoms with van der Waals surface area (Å²) in [5.74, 6) is -0.289. The molecule has 0 aliphatic heterocycles. The first-order chi connectivity index (χ1) is 14.6. The van der Waals surface area contributed by atoms with Gasteiger partial charge < -0.3 is 14.8 Å². The van der Waals surface area contributed by atoms with Gasteiger partial charge in [0.1, 0.15) is 5.54 Å². The molecule has 0 saturated heterocycles. The van der Waals surface area contributed by atoms with Gasteiger partial charge in [0.05, 0.1) is 13.2 Å². The number of unbranched alkanes of at least 4 members (excludes halogenated alkanes) is 13. The van der Waals surface area contributed by atoms with Crippen LogP contribution in [0.15, 0.2) is 0 Å². The minimum absolute atomic E-state index is 0.289. The van der Waals surface area contributed by atoms with E-state index >= 15 is 0 Å². The van der Waals surface area contributed by atoms with Gasteiger partial charge in [-0.25, -0.2) is 9.59 Å². The summed E-state index contributed by atoms with van der Waals surface area (Å²) in [7, 11) is 0. The Bertz CT molecular complexity index is 446. The fraction of sp³-hybridized carbons (Fsp3) is 0.920. The van der Waals surface area contributed by atoms with Crippen LogP contribution in [0.5, 0.6) is 0 Å². The molecule has 1 saturated carbocycles. The molecule has 0 atom stereocenters. The number of amides is 1. The number of carbonyl (C=O) groups excluding carboxylic acids is 2. The molecule has 1 amide bonds. The monoisotopic (exact) mass is 425 g/mol. The molecule has 0 aromatic heterocycles. The summed E-state index contributed by atoms with van der Waals surface area (Å²) in [4.78, 5) is 24.3. The van der Waals surface area contributed by atoms with Crippen molar-refractivity contribution in [2.75, 3.05) is 13.2 Å². The standard InChI is InChI=1S/C25H47NO4/c1-3-5-6-7-8-9-10-11-12-13-14-15-16-19-22-30-23(27)25(20-17-18-21-25)26-24(28)29-4-2/h3-22H2,1-2H3,(H,26,28). The molecule has 0 bridgehead atoms. The van der Waals surface area contributed by atoms with E-state index in [0.29, 0.717) is 26.1 Å². The maximum atomic E-state index is 12.5. The molecular formula is C25H47NO4. The summed E-state index contributed by atoms with van der Waals surface area (Å²) in [6, 6.07) is 0. The number of hydrogen-bond donors (Lipinski definition) is 1. The molecule has 176 valence electrons. The molecule has 1 aliphatic rings. The molecule has 5 nitrogen and oxygen atoms in total. The minimum Gasteiger partial charge on any atom is -0.464 e. The van der Waals surface area contributed by atoms with Crippen LogP contribution < -0.4 is 5.32 Å². The van der Waals surface area contributed by atoms with Gasteiger partial charge in [-0.05, 0) is 26.2 Å². The number of nitrogens with one attached hydrogen (secondary N) is 1. The lowest BCUT2D eigenvalue weighted by atomic mass is 9.98. The second-order valence-electron chi connectivity index (χ2n) is 8.87. The molecular weight excluding hydrogens is 378 g/mol. The van der Waals surface area contributed by atoms with Crippen molar-refractivity contribution in [1.29, 1.82) is 0 Å².